The fraction of sp³-hybridized carbons (Fsp3) is 0.667. The Bertz CT molecular complexity index is 383. The summed E-state index contributed by atoms with van der Waals surface area (Å²) < 4.78 is 21.7. The minimum atomic E-state index is -0.381. The molecule has 0 fully saturated rings. The maximum atomic E-state index is 11.4. The van der Waals surface area contributed by atoms with Crippen LogP contribution in [0, 0.1) is 0 Å². The molecule has 0 radical (unpaired) electrons. The highest BCUT2D eigenvalue weighted by Gasteiger charge is 2.04. The molecular formula is C12H21N3O5. The van der Waals surface area contributed by atoms with Crippen LogP contribution in [0.15, 0.2) is 12.3 Å². The summed E-state index contributed by atoms with van der Waals surface area (Å²) in [5, 5.41) is 3.88. The lowest BCUT2D eigenvalue weighted by molar-refractivity contribution is -0.146. The molecule has 20 heavy (non-hydrogen) atoms. The van der Waals surface area contributed by atoms with E-state index in [4.69, 9.17) is 24.7 Å². The van der Waals surface area contributed by atoms with E-state index in [9.17, 15) is 4.79 Å². The summed E-state index contributed by atoms with van der Waals surface area (Å²) in [6, 6.07) is 1.61. The summed E-state index contributed by atoms with van der Waals surface area (Å²) >= 11 is 0. The first-order valence-electron chi connectivity index (χ1n) is 6.31. The van der Waals surface area contributed by atoms with Gasteiger partial charge in [0.05, 0.1) is 33.0 Å². The molecule has 114 valence electrons. The number of esters is 1. The van der Waals surface area contributed by atoms with Crippen LogP contribution < -0.4 is 5.73 Å². The number of hydrogen-bond acceptors (Lipinski definition) is 7. The molecule has 1 aromatic heterocycles. The summed E-state index contributed by atoms with van der Waals surface area (Å²) in [4.78, 5) is 11.4. The first kappa shape index (κ1) is 16.4. The molecule has 0 atom stereocenters. The van der Waals surface area contributed by atoms with E-state index in [2.05, 4.69) is 5.10 Å². The van der Waals surface area contributed by atoms with Crippen LogP contribution in [0.5, 0.6) is 0 Å². The Balaban J connectivity index is 1.92. The molecule has 0 saturated heterocycles. The lowest BCUT2D eigenvalue weighted by atomic mass is 10.6. The third kappa shape index (κ3) is 7.72. The van der Waals surface area contributed by atoms with Gasteiger partial charge in [-0.1, -0.05) is 0 Å². The highest BCUT2D eigenvalue weighted by Crippen LogP contribution is 1.96. The SMILES string of the molecule is COCCOCCOCCOC(=O)Cn1ccc(N)n1. The molecular weight excluding hydrogens is 266 g/mol. The van der Waals surface area contributed by atoms with Gasteiger partial charge in [-0.2, -0.15) is 5.10 Å². The fourth-order valence-electron chi connectivity index (χ4n) is 1.32. The maximum absolute atomic E-state index is 11.4. The summed E-state index contributed by atoms with van der Waals surface area (Å²) in [5.41, 5.74) is 5.43. The number of nitrogen functional groups attached to an aromatic ring is 1. The van der Waals surface area contributed by atoms with E-state index in [1.165, 1.54) is 4.68 Å². The van der Waals surface area contributed by atoms with Crippen molar-refractivity contribution in [2.24, 2.45) is 0 Å². The quantitative estimate of drug-likeness (QED) is 0.440. The van der Waals surface area contributed by atoms with Gasteiger partial charge in [0.1, 0.15) is 19.0 Å². The number of aromatic nitrogens is 2. The van der Waals surface area contributed by atoms with E-state index >= 15 is 0 Å². The van der Waals surface area contributed by atoms with Crippen LogP contribution in [0.1, 0.15) is 0 Å². The van der Waals surface area contributed by atoms with Crippen molar-refractivity contribution in [3.63, 3.8) is 0 Å². The minimum absolute atomic E-state index is 0.0390. The van der Waals surface area contributed by atoms with E-state index in [0.29, 0.717) is 38.9 Å². The van der Waals surface area contributed by atoms with Crippen molar-refractivity contribution >= 4 is 11.8 Å². The van der Waals surface area contributed by atoms with E-state index in [1.54, 1.807) is 19.4 Å². The number of anilines is 1. The van der Waals surface area contributed by atoms with Gasteiger partial charge in [0.25, 0.3) is 0 Å². The largest absolute Gasteiger partial charge is 0.462 e. The first-order valence-corrected chi connectivity index (χ1v) is 6.31. The van der Waals surface area contributed by atoms with Gasteiger partial charge < -0.3 is 24.7 Å². The van der Waals surface area contributed by atoms with Crippen LogP contribution in [0.4, 0.5) is 5.82 Å². The van der Waals surface area contributed by atoms with Crippen molar-refractivity contribution in [1.82, 2.24) is 9.78 Å². The van der Waals surface area contributed by atoms with Crippen LogP contribution in [0.3, 0.4) is 0 Å². The Kier molecular flexibility index (Phi) is 8.36. The Morgan fingerprint density at radius 3 is 2.45 bits per heavy atom. The second-order valence-electron chi connectivity index (χ2n) is 3.88. The van der Waals surface area contributed by atoms with Gasteiger partial charge in [-0.15, -0.1) is 0 Å². The third-order valence-corrected chi connectivity index (χ3v) is 2.25. The minimum Gasteiger partial charge on any atom is -0.462 e. The molecule has 1 aromatic rings. The Labute approximate surface area is 117 Å². The van der Waals surface area contributed by atoms with E-state index in [-0.39, 0.29) is 19.1 Å². The number of nitrogens with two attached hydrogens (primary N) is 1. The second kappa shape index (κ2) is 10.2. The van der Waals surface area contributed by atoms with Gasteiger partial charge in [-0.3, -0.25) is 9.48 Å². The van der Waals surface area contributed by atoms with Crippen molar-refractivity contribution in [3.05, 3.63) is 12.3 Å². The number of nitrogens with zero attached hydrogens (tertiary/aromatic N) is 2. The Morgan fingerprint density at radius 1 is 1.20 bits per heavy atom. The van der Waals surface area contributed by atoms with Gasteiger partial charge in [0.2, 0.25) is 0 Å². The van der Waals surface area contributed by atoms with Crippen molar-refractivity contribution in [2.75, 3.05) is 52.5 Å². The third-order valence-electron chi connectivity index (χ3n) is 2.25. The highest BCUT2D eigenvalue weighted by atomic mass is 16.6. The summed E-state index contributed by atoms with van der Waals surface area (Å²) in [5.74, 6) is -0.0114. The predicted octanol–water partition coefficient (Wildman–Crippen LogP) is -0.312. The van der Waals surface area contributed by atoms with Crippen molar-refractivity contribution in [2.45, 2.75) is 6.54 Å². The zero-order chi connectivity index (χ0) is 14.6. The standard InChI is InChI=1S/C12H21N3O5/c1-17-4-5-18-6-7-19-8-9-20-12(16)10-15-3-2-11(13)14-15/h2-3H,4-10H2,1H3,(H2,13,14). The van der Waals surface area contributed by atoms with Gasteiger partial charge >= 0.3 is 5.97 Å². The molecule has 8 nitrogen and oxygen atoms in total. The molecule has 0 aliphatic heterocycles. The van der Waals surface area contributed by atoms with Crippen LogP contribution in [0.25, 0.3) is 0 Å². The monoisotopic (exact) mass is 287 g/mol. The molecule has 0 bridgehead atoms. The van der Waals surface area contributed by atoms with Crippen molar-refractivity contribution < 1.29 is 23.7 Å². The summed E-state index contributed by atoms with van der Waals surface area (Å²) in [6.07, 6.45) is 1.62. The number of rotatable bonds is 11. The van der Waals surface area contributed by atoms with E-state index in [1.807, 2.05) is 0 Å². The smallest absolute Gasteiger partial charge is 0.327 e. The van der Waals surface area contributed by atoms with Crippen LogP contribution in [0.2, 0.25) is 0 Å². The van der Waals surface area contributed by atoms with Crippen LogP contribution >= 0.6 is 0 Å². The van der Waals surface area contributed by atoms with Gasteiger partial charge in [0, 0.05) is 13.3 Å². The fourth-order valence-corrected chi connectivity index (χ4v) is 1.32. The lowest BCUT2D eigenvalue weighted by Gasteiger charge is -2.07. The maximum Gasteiger partial charge on any atom is 0.327 e. The Morgan fingerprint density at radius 2 is 1.85 bits per heavy atom. The zero-order valence-corrected chi connectivity index (χ0v) is 11.6. The number of carbonyl (C=O) groups is 1. The molecule has 0 unspecified atom stereocenters. The van der Waals surface area contributed by atoms with E-state index < -0.39 is 0 Å². The average molecular weight is 287 g/mol. The number of hydrogen-bond donors (Lipinski definition) is 1. The average Bonchev–Trinajstić information content (AvgIpc) is 2.82. The van der Waals surface area contributed by atoms with Crippen LogP contribution in [-0.4, -0.2) is 62.5 Å². The topological polar surface area (TPSA) is 97.8 Å². The molecule has 0 aliphatic carbocycles. The second-order valence-corrected chi connectivity index (χ2v) is 3.88. The van der Waals surface area contributed by atoms with Gasteiger partial charge in [-0.25, -0.2) is 0 Å². The molecule has 0 aromatic carbocycles. The van der Waals surface area contributed by atoms with Crippen molar-refractivity contribution in [1.29, 1.82) is 0 Å². The number of ether oxygens (including phenoxy) is 4. The highest BCUT2D eigenvalue weighted by molar-refractivity contribution is 5.69. The molecule has 0 spiro atoms. The molecule has 2 N–H and O–H groups in total. The molecule has 0 aliphatic rings. The normalized spacial score (nSPS) is 10.7. The van der Waals surface area contributed by atoms with Crippen molar-refractivity contribution in [3.8, 4) is 0 Å². The predicted molar refractivity (Wildman–Crippen MR) is 71.1 cm³/mol. The van der Waals surface area contributed by atoms with Crippen LogP contribution in [-0.2, 0) is 30.3 Å². The lowest BCUT2D eigenvalue weighted by Crippen LogP contribution is -2.17. The summed E-state index contributed by atoms with van der Waals surface area (Å²) in [7, 11) is 1.62. The molecule has 0 amide bonds. The molecule has 8 heteroatoms. The zero-order valence-electron chi connectivity index (χ0n) is 11.6. The first-order chi connectivity index (χ1) is 9.72. The van der Waals surface area contributed by atoms with E-state index in [0.717, 1.165) is 0 Å². The van der Waals surface area contributed by atoms with Gasteiger partial charge in [0.15, 0.2) is 0 Å². The molecule has 1 heterocycles. The van der Waals surface area contributed by atoms with Gasteiger partial charge in [-0.05, 0) is 6.07 Å². The molecule has 1 rings (SSSR count). The molecule has 0 saturated carbocycles. The Hall–Kier alpha value is -1.64. The number of carbonyl (C=O) groups excluding carboxylic acids is 1. The number of methoxy groups -OCH3 is 1. The summed E-state index contributed by atoms with van der Waals surface area (Å²) in [6.45, 7) is 2.63.